The van der Waals surface area contributed by atoms with Gasteiger partial charge in [-0.1, -0.05) is 19.9 Å². The highest BCUT2D eigenvalue weighted by atomic mass is 15.2. The van der Waals surface area contributed by atoms with Gasteiger partial charge in [0.1, 0.15) is 5.82 Å². The van der Waals surface area contributed by atoms with E-state index >= 15 is 0 Å². The molecule has 1 saturated carbocycles. The minimum Gasteiger partial charge on any atom is -0.357 e. The van der Waals surface area contributed by atoms with Gasteiger partial charge in [0.15, 0.2) is 0 Å². The van der Waals surface area contributed by atoms with Crippen molar-refractivity contribution < 1.29 is 0 Å². The molecule has 0 aromatic carbocycles. The summed E-state index contributed by atoms with van der Waals surface area (Å²) in [6.07, 6.45) is 4.66. The Hall–Kier alpha value is -1.09. The topological polar surface area (TPSA) is 28.2 Å². The third kappa shape index (κ3) is 3.45. The summed E-state index contributed by atoms with van der Waals surface area (Å²) >= 11 is 0. The van der Waals surface area contributed by atoms with Crippen molar-refractivity contribution in [2.24, 2.45) is 5.92 Å². The van der Waals surface area contributed by atoms with Crippen molar-refractivity contribution in [2.75, 3.05) is 11.9 Å². The Bertz CT molecular complexity index is 368. The molecule has 1 aliphatic rings. The van der Waals surface area contributed by atoms with Crippen molar-refractivity contribution in [3.05, 3.63) is 23.9 Å². The van der Waals surface area contributed by atoms with Crippen LogP contribution in [-0.2, 0) is 6.54 Å². The van der Waals surface area contributed by atoms with Gasteiger partial charge >= 0.3 is 0 Å². The van der Waals surface area contributed by atoms with Gasteiger partial charge in [0.2, 0.25) is 0 Å². The molecule has 1 aromatic heterocycles. The van der Waals surface area contributed by atoms with E-state index in [-0.39, 0.29) is 0 Å². The van der Waals surface area contributed by atoms with Crippen molar-refractivity contribution in [2.45, 2.75) is 52.2 Å². The molecule has 18 heavy (non-hydrogen) atoms. The minimum absolute atomic E-state index is 0.507. The maximum Gasteiger partial charge on any atom is 0.128 e. The smallest absolute Gasteiger partial charge is 0.128 e. The van der Waals surface area contributed by atoms with Crippen molar-refractivity contribution in [1.82, 2.24) is 10.3 Å². The SMILES string of the molecule is CC(C)C(C)N(C)c1ccc(CNC2CC2)cn1. The molecular weight excluding hydrogens is 222 g/mol. The Labute approximate surface area is 111 Å². The molecule has 1 fully saturated rings. The third-order valence-electron chi connectivity index (χ3n) is 3.92. The quantitative estimate of drug-likeness (QED) is 0.838. The number of rotatable bonds is 6. The third-order valence-corrected chi connectivity index (χ3v) is 3.92. The van der Waals surface area contributed by atoms with Crippen LogP contribution in [0.2, 0.25) is 0 Å². The van der Waals surface area contributed by atoms with Crippen LogP contribution in [0.3, 0.4) is 0 Å². The second kappa shape index (κ2) is 5.70. The van der Waals surface area contributed by atoms with Crippen molar-refractivity contribution in [3.63, 3.8) is 0 Å². The van der Waals surface area contributed by atoms with Gasteiger partial charge in [-0.2, -0.15) is 0 Å². The van der Waals surface area contributed by atoms with Crippen LogP contribution in [0.15, 0.2) is 18.3 Å². The van der Waals surface area contributed by atoms with Crippen LogP contribution in [-0.4, -0.2) is 24.1 Å². The van der Waals surface area contributed by atoms with E-state index < -0.39 is 0 Å². The lowest BCUT2D eigenvalue weighted by molar-refractivity contribution is 0.502. The second-order valence-corrected chi connectivity index (χ2v) is 5.78. The molecule has 1 aromatic rings. The number of hydrogen-bond donors (Lipinski definition) is 1. The van der Waals surface area contributed by atoms with Crippen molar-refractivity contribution >= 4 is 5.82 Å². The largest absolute Gasteiger partial charge is 0.357 e. The Kier molecular flexibility index (Phi) is 4.23. The summed E-state index contributed by atoms with van der Waals surface area (Å²) in [5.41, 5.74) is 1.27. The summed E-state index contributed by atoms with van der Waals surface area (Å²) in [5.74, 6) is 1.69. The fourth-order valence-electron chi connectivity index (χ4n) is 1.94. The molecule has 0 bridgehead atoms. The average molecular weight is 247 g/mol. The zero-order chi connectivity index (χ0) is 13.1. The fourth-order valence-corrected chi connectivity index (χ4v) is 1.94. The molecular formula is C15H25N3. The van der Waals surface area contributed by atoms with Gasteiger partial charge in [0, 0.05) is 31.9 Å². The summed E-state index contributed by atoms with van der Waals surface area (Å²) in [7, 11) is 2.12. The Balaban J connectivity index is 1.93. The molecule has 1 atom stereocenters. The predicted molar refractivity (Wildman–Crippen MR) is 76.8 cm³/mol. The molecule has 2 rings (SSSR count). The van der Waals surface area contributed by atoms with Gasteiger partial charge in [-0.15, -0.1) is 0 Å². The number of hydrogen-bond acceptors (Lipinski definition) is 3. The van der Waals surface area contributed by atoms with Crippen LogP contribution in [0.1, 0.15) is 39.2 Å². The summed E-state index contributed by atoms with van der Waals surface area (Å²) < 4.78 is 0. The molecule has 3 heteroatoms. The Morgan fingerprint density at radius 3 is 2.56 bits per heavy atom. The molecule has 0 saturated heterocycles. The van der Waals surface area contributed by atoms with E-state index in [4.69, 9.17) is 0 Å². The maximum atomic E-state index is 4.57. The van der Waals surface area contributed by atoms with E-state index in [1.165, 1.54) is 18.4 Å². The monoisotopic (exact) mass is 247 g/mol. The normalized spacial score (nSPS) is 16.9. The summed E-state index contributed by atoms with van der Waals surface area (Å²) in [4.78, 5) is 6.82. The fraction of sp³-hybridized carbons (Fsp3) is 0.667. The number of nitrogens with zero attached hydrogens (tertiary/aromatic N) is 2. The summed E-state index contributed by atoms with van der Waals surface area (Å²) in [5, 5.41) is 3.51. The zero-order valence-corrected chi connectivity index (χ0v) is 12.0. The van der Waals surface area contributed by atoms with Gasteiger partial charge in [-0.25, -0.2) is 4.98 Å². The molecule has 0 amide bonds. The number of aromatic nitrogens is 1. The standard InChI is InChI=1S/C15H25N3/c1-11(2)12(3)18(4)15-8-5-13(10-17-15)9-16-14-6-7-14/h5,8,10-12,14,16H,6-7,9H2,1-4H3. The first-order valence-electron chi connectivity index (χ1n) is 6.99. The lowest BCUT2D eigenvalue weighted by Gasteiger charge is -2.29. The Morgan fingerprint density at radius 1 is 1.33 bits per heavy atom. The van der Waals surface area contributed by atoms with Crippen molar-refractivity contribution in [3.8, 4) is 0 Å². The molecule has 0 radical (unpaired) electrons. The van der Waals surface area contributed by atoms with Crippen LogP contribution in [0.4, 0.5) is 5.82 Å². The molecule has 0 aliphatic heterocycles. The van der Waals surface area contributed by atoms with E-state index in [0.29, 0.717) is 12.0 Å². The minimum atomic E-state index is 0.507. The number of pyridine rings is 1. The van der Waals surface area contributed by atoms with Gasteiger partial charge in [-0.3, -0.25) is 0 Å². The van der Waals surface area contributed by atoms with Gasteiger partial charge < -0.3 is 10.2 Å². The summed E-state index contributed by atoms with van der Waals surface area (Å²) in [6.45, 7) is 7.68. The number of nitrogens with one attached hydrogen (secondary N) is 1. The lowest BCUT2D eigenvalue weighted by Crippen LogP contribution is -2.33. The first-order valence-corrected chi connectivity index (χ1v) is 6.99. The maximum absolute atomic E-state index is 4.57. The molecule has 1 heterocycles. The lowest BCUT2D eigenvalue weighted by atomic mass is 10.1. The van der Waals surface area contributed by atoms with E-state index in [1.54, 1.807) is 0 Å². The van der Waals surface area contributed by atoms with Crippen LogP contribution >= 0.6 is 0 Å². The molecule has 0 spiro atoms. The zero-order valence-electron chi connectivity index (χ0n) is 12.0. The van der Waals surface area contributed by atoms with E-state index in [1.807, 2.05) is 6.20 Å². The van der Waals surface area contributed by atoms with E-state index in [0.717, 1.165) is 18.4 Å². The van der Waals surface area contributed by atoms with Crippen LogP contribution in [0.5, 0.6) is 0 Å². The molecule has 1 unspecified atom stereocenters. The highest BCUT2D eigenvalue weighted by Crippen LogP contribution is 2.20. The molecule has 100 valence electrons. The van der Waals surface area contributed by atoms with Gasteiger partial charge in [-0.05, 0) is 37.3 Å². The van der Waals surface area contributed by atoms with Gasteiger partial charge in [0.05, 0.1) is 0 Å². The van der Waals surface area contributed by atoms with Crippen LogP contribution in [0, 0.1) is 5.92 Å². The highest BCUT2D eigenvalue weighted by Gasteiger charge is 2.20. The van der Waals surface area contributed by atoms with Gasteiger partial charge in [0.25, 0.3) is 0 Å². The van der Waals surface area contributed by atoms with E-state index in [9.17, 15) is 0 Å². The van der Waals surface area contributed by atoms with Crippen LogP contribution in [0.25, 0.3) is 0 Å². The Morgan fingerprint density at radius 2 is 2.06 bits per heavy atom. The van der Waals surface area contributed by atoms with Crippen molar-refractivity contribution in [1.29, 1.82) is 0 Å². The van der Waals surface area contributed by atoms with Crippen LogP contribution < -0.4 is 10.2 Å². The summed E-state index contributed by atoms with van der Waals surface area (Å²) in [6, 6.07) is 5.57. The molecule has 1 N–H and O–H groups in total. The molecule has 3 nitrogen and oxygen atoms in total. The highest BCUT2D eigenvalue weighted by molar-refractivity contribution is 5.39. The average Bonchev–Trinajstić information content (AvgIpc) is 3.19. The first kappa shape index (κ1) is 13.3. The van der Waals surface area contributed by atoms with E-state index in [2.05, 4.69) is 55.2 Å². The first-order chi connectivity index (χ1) is 8.58. The molecule has 1 aliphatic carbocycles. The second-order valence-electron chi connectivity index (χ2n) is 5.78. The number of anilines is 1. The predicted octanol–water partition coefficient (Wildman–Crippen LogP) is 2.81.